The fourth-order valence-electron chi connectivity index (χ4n) is 3.45. The van der Waals surface area contributed by atoms with Crippen molar-refractivity contribution >= 4 is 43.5 Å². The van der Waals surface area contributed by atoms with Crippen molar-refractivity contribution in [3.8, 4) is 11.5 Å². The Morgan fingerprint density at radius 3 is 2.31 bits per heavy atom. The van der Waals surface area contributed by atoms with Crippen molar-refractivity contribution in [1.82, 2.24) is 9.62 Å². The van der Waals surface area contributed by atoms with E-state index in [2.05, 4.69) is 21.2 Å². The fraction of sp³-hybridized carbons (Fsp3) is 0.240. The molecule has 0 aliphatic rings. The molecule has 1 amide bonds. The summed E-state index contributed by atoms with van der Waals surface area (Å²) >= 11 is 9.60. The van der Waals surface area contributed by atoms with Crippen LogP contribution in [0.2, 0.25) is 5.02 Å². The second kappa shape index (κ2) is 11.9. The second-order valence-corrected chi connectivity index (χ2v) is 11.0. The summed E-state index contributed by atoms with van der Waals surface area (Å²) in [7, 11) is -0.915. The molecule has 0 heterocycles. The van der Waals surface area contributed by atoms with E-state index in [-0.39, 0.29) is 18.0 Å². The molecule has 3 rings (SSSR count). The number of hydrogen-bond acceptors (Lipinski definition) is 5. The fourth-order valence-corrected chi connectivity index (χ4v) is 5.29. The lowest BCUT2D eigenvalue weighted by atomic mass is 10.1. The lowest BCUT2D eigenvalue weighted by Crippen LogP contribution is -2.41. The van der Waals surface area contributed by atoms with Gasteiger partial charge in [0.15, 0.2) is 11.5 Å². The maximum atomic E-state index is 13.5. The molecule has 7 nitrogen and oxygen atoms in total. The van der Waals surface area contributed by atoms with Crippen LogP contribution in [0.4, 0.5) is 0 Å². The first-order chi connectivity index (χ1) is 16.6. The number of benzene rings is 3. The van der Waals surface area contributed by atoms with Crippen LogP contribution in [0.3, 0.4) is 0 Å². The average molecular weight is 582 g/mol. The highest BCUT2D eigenvalue weighted by Gasteiger charge is 2.28. The summed E-state index contributed by atoms with van der Waals surface area (Å²) in [6.45, 7) is 1.36. The van der Waals surface area contributed by atoms with Crippen LogP contribution in [0, 0.1) is 0 Å². The molecule has 1 N–H and O–H groups in total. The smallest absolute Gasteiger partial charge is 0.243 e. The minimum Gasteiger partial charge on any atom is -0.493 e. The van der Waals surface area contributed by atoms with Gasteiger partial charge in [0, 0.05) is 16.0 Å². The highest BCUT2D eigenvalue weighted by Crippen LogP contribution is 2.30. The van der Waals surface area contributed by atoms with Crippen molar-refractivity contribution in [3.05, 3.63) is 87.4 Å². The van der Waals surface area contributed by atoms with E-state index in [1.54, 1.807) is 62.6 Å². The van der Waals surface area contributed by atoms with Crippen LogP contribution in [0.1, 0.15) is 24.1 Å². The van der Waals surface area contributed by atoms with Crippen molar-refractivity contribution in [3.63, 3.8) is 0 Å². The van der Waals surface area contributed by atoms with E-state index in [4.69, 9.17) is 21.1 Å². The number of carbonyl (C=O) groups is 1. The van der Waals surface area contributed by atoms with Crippen molar-refractivity contribution < 1.29 is 22.7 Å². The molecule has 0 aliphatic heterocycles. The number of halogens is 2. The van der Waals surface area contributed by atoms with Gasteiger partial charge in [-0.2, -0.15) is 4.31 Å². The summed E-state index contributed by atoms with van der Waals surface area (Å²) < 4.78 is 39.4. The zero-order chi connectivity index (χ0) is 25.6. The molecular weight excluding hydrogens is 556 g/mol. The summed E-state index contributed by atoms with van der Waals surface area (Å²) in [4.78, 5) is 13.1. The molecule has 0 bridgehead atoms. The van der Waals surface area contributed by atoms with Crippen LogP contribution < -0.4 is 14.8 Å². The molecule has 0 fully saturated rings. The van der Waals surface area contributed by atoms with Crippen LogP contribution in [-0.4, -0.2) is 39.4 Å². The van der Waals surface area contributed by atoms with E-state index in [9.17, 15) is 13.2 Å². The van der Waals surface area contributed by atoms with Gasteiger partial charge in [-0.05, 0) is 60.5 Å². The first-order valence-corrected chi connectivity index (χ1v) is 13.3. The largest absolute Gasteiger partial charge is 0.493 e. The quantitative estimate of drug-likeness (QED) is 0.356. The second-order valence-electron chi connectivity index (χ2n) is 7.72. The molecule has 0 saturated heterocycles. The Kier molecular flexibility index (Phi) is 9.18. The van der Waals surface area contributed by atoms with Crippen molar-refractivity contribution in [2.75, 3.05) is 20.8 Å². The number of ether oxygens (including phenoxy) is 2. The number of nitrogens with zero attached hydrogens (tertiary/aromatic N) is 1. The van der Waals surface area contributed by atoms with E-state index in [0.29, 0.717) is 22.1 Å². The van der Waals surface area contributed by atoms with E-state index >= 15 is 0 Å². The zero-order valence-electron chi connectivity index (χ0n) is 19.5. The number of hydrogen-bond donors (Lipinski definition) is 1. The number of methoxy groups -OCH3 is 2. The molecule has 3 aromatic carbocycles. The Morgan fingerprint density at radius 1 is 1.03 bits per heavy atom. The SMILES string of the molecule is COc1ccc([C@H](C)NC(=O)CN(Cc2ccccc2Cl)S(=O)(=O)c2ccc(Br)cc2)cc1OC. The maximum Gasteiger partial charge on any atom is 0.243 e. The van der Waals surface area contributed by atoms with Gasteiger partial charge in [0.05, 0.1) is 31.7 Å². The van der Waals surface area contributed by atoms with Crippen LogP contribution in [-0.2, 0) is 21.4 Å². The third kappa shape index (κ3) is 6.76. The van der Waals surface area contributed by atoms with Gasteiger partial charge in [-0.3, -0.25) is 4.79 Å². The van der Waals surface area contributed by atoms with E-state index in [0.717, 1.165) is 14.3 Å². The Labute approximate surface area is 219 Å². The average Bonchev–Trinajstić information content (AvgIpc) is 2.84. The maximum absolute atomic E-state index is 13.5. The first-order valence-electron chi connectivity index (χ1n) is 10.7. The monoisotopic (exact) mass is 580 g/mol. The molecule has 3 aromatic rings. The van der Waals surface area contributed by atoms with Crippen molar-refractivity contribution in [2.45, 2.75) is 24.4 Å². The first kappa shape index (κ1) is 27.0. The molecule has 186 valence electrons. The standard InChI is InChI=1S/C25H26BrClN2O5S/c1-17(18-8-13-23(33-2)24(14-18)34-3)28-25(30)16-29(15-19-6-4-5-7-22(19)27)35(31,32)21-11-9-20(26)10-12-21/h4-14,17H,15-16H2,1-3H3,(H,28,30)/t17-/m0/s1. The minimum absolute atomic E-state index is 0.0593. The summed E-state index contributed by atoms with van der Waals surface area (Å²) in [5, 5.41) is 3.29. The molecule has 1 atom stereocenters. The van der Waals surface area contributed by atoms with Gasteiger partial charge in [0.25, 0.3) is 0 Å². The third-order valence-electron chi connectivity index (χ3n) is 5.36. The summed E-state index contributed by atoms with van der Waals surface area (Å²) in [6, 6.07) is 18.1. The molecule has 0 saturated carbocycles. The lowest BCUT2D eigenvalue weighted by molar-refractivity contribution is -0.122. The molecule has 0 aliphatic carbocycles. The molecule has 0 spiro atoms. The number of nitrogens with one attached hydrogen (secondary N) is 1. The molecular formula is C25H26BrClN2O5S. The van der Waals surface area contributed by atoms with Crippen LogP contribution in [0.25, 0.3) is 0 Å². The van der Waals surface area contributed by atoms with E-state index in [1.807, 2.05) is 6.07 Å². The molecule has 35 heavy (non-hydrogen) atoms. The highest BCUT2D eigenvalue weighted by molar-refractivity contribution is 9.10. The van der Waals surface area contributed by atoms with Crippen LogP contribution >= 0.6 is 27.5 Å². The predicted molar refractivity (Wildman–Crippen MR) is 139 cm³/mol. The Morgan fingerprint density at radius 2 is 1.69 bits per heavy atom. The van der Waals surface area contributed by atoms with Gasteiger partial charge < -0.3 is 14.8 Å². The number of rotatable bonds is 10. The topological polar surface area (TPSA) is 84.9 Å². The van der Waals surface area contributed by atoms with Crippen molar-refractivity contribution in [2.24, 2.45) is 0 Å². The Hall–Kier alpha value is -2.59. The van der Waals surface area contributed by atoms with Gasteiger partial charge in [0.2, 0.25) is 15.9 Å². The molecule has 0 unspecified atom stereocenters. The van der Waals surface area contributed by atoms with Gasteiger partial charge >= 0.3 is 0 Å². The van der Waals surface area contributed by atoms with Gasteiger partial charge in [-0.15, -0.1) is 0 Å². The van der Waals surface area contributed by atoms with E-state index < -0.39 is 22.0 Å². The van der Waals surface area contributed by atoms with Gasteiger partial charge in [-0.1, -0.05) is 51.8 Å². The third-order valence-corrected chi connectivity index (χ3v) is 8.06. The summed E-state index contributed by atoms with van der Waals surface area (Å²) in [5.41, 5.74) is 1.38. The van der Waals surface area contributed by atoms with Crippen LogP contribution in [0.15, 0.2) is 76.1 Å². The Bertz CT molecular complexity index is 1290. The summed E-state index contributed by atoms with van der Waals surface area (Å²) in [5.74, 6) is 0.644. The predicted octanol–water partition coefficient (Wildman–Crippen LogP) is 5.19. The van der Waals surface area contributed by atoms with Gasteiger partial charge in [-0.25, -0.2) is 8.42 Å². The minimum atomic E-state index is -3.99. The number of carbonyl (C=O) groups excluding carboxylic acids is 1. The molecule has 0 aromatic heterocycles. The highest BCUT2D eigenvalue weighted by atomic mass is 79.9. The lowest BCUT2D eigenvalue weighted by Gasteiger charge is -2.24. The summed E-state index contributed by atoms with van der Waals surface area (Å²) in [6.07, 6.45) is 0. The molecule has 10 heteroatoms. The normalized spacial score (nSPS) is 12.3. The van der Waals surface area contributed by atoms with Crippen LogP contribution in [0.5, 0.6) is 11.5 Å². The van der Waals surface area contributed by atoms with Gasteiger partial charge in [0.1, 0.15) is 0 Å². The van der Waals surface area contributed by atoms with E-state index in [1.165, 1.54) is 19.2 Å². The Balaban J connectivity index is 1.84. The number of amides is 1. The molecule has 0 radical (unpaired) electrons. The van der Waals surface area contributed by atoms with Crippen molar-refractivity contribution in [1.29, 1.82) is 0 Å². The zero-order valence-corrected chi connectivity index (χ0v) is 22.7. The number of sulfonamides is 1.